The van der Waals surface area contributed by atoms with E-state index >= 15 is 0 Å². The molecule has 3 rings (SSSR count). The third-order valence-corrected chi connectivity index (χ3v) is 4.22. The Bertz CT molecular complexity index is 685. The Morgan fingerprint density at radius 3 is 2.74 bits per heavy atom. The summed E-state index contributed by atoms with van der Waals surface area (Å²) in [7, 11) is 0. The molecule has 1 aliphatic rings. The molecule has 23 heavy (non-hydrogen) atoms. The molecule has 3 nitrogen and oxygen atoms in total. The van der Waals surface area contributed by atoms with Gasteiger partial charge in [0.1, 0.15) is 0 Å². The lowest BCUT2D eigenvalue weighted by atomic mass is 10.0. The number of carbonyl (C=O) groups is 1. The standard InChI is InChI=1S/C19H22N2O.ClH/c1-2-20-13-15-7-3-4-12-18(15)21-19(22)17-11-6-9-14-8-5-10-16(14)17;/h3-4,6-7,9,11-12,20H,2,5,8,10,13H2,1H3,(H,21,22);1H. The molecule has 0 fully saturated rings. The van der Waals surface area contributed by atoms with Crippen molar-refractivity contribution in [1.29, 1.82) is 0 Å². The molecule has 2 aromatic carbocycles. The summed E-state index contributed by atoms with van der Waals surface area (Å²) in [4.78, 5) is 12.7. The maximum Gasteiger partial charge on any atom is 0.255 e. The topological polar surface area (TPSA) is 41.1 Å². The minimum atomic E-state index is 0. The second-order valence-corrected chi connectivity index (χ2v) is 5.69. The first-order valence-electron chi connectivity index (χ1n) is 8.00. The predicted molar refractivity (Wildman–Crippen MR) is 97.5 cm³/mol. The van der Waals surface area contributed by atoms with Crippen LogP contribution in [-0.4, -0.2) is 12.5 Å². The van der Waals surface area contributed by atoms with Crippen LogP contribution in [0.5, 0.6) is 0 Å². The molecule has 0 aliphatic heterocycles. The van der Waals surface area contributed by atoms with Crippen LogP contribution >= 0.6 is 12.4 Å². The fourth-order valence-electron chi connectivity index (χ4n) is 3.08. The van der Waals surface area contributed by atoms with Gasteiger partial charge in [0.2, 0.25) is 0 Å². The van der Waals surface area contributed by atoms with Crippen molar-refractivity contribution >= 4 is 24.0 Å². The van der Waals surface area contributed by atoms with Crippen molar-refractivity contribution in [2.45, 2.75) is 32.7 Å². The van der Waals surface area contributed by atoms with E-state index < -0.39 is 0 Å². The third kappa shape index (κ3) is 3.92. The number of rotatable bonds is 5. The van der Waals surface area contributed by atoms with Crippen LogP contribution in [0, 0.1) is 0 Å². The number of nitrogens with one attached hydrogen (secondary N) is 2. The molecule has 0 atom stereocenters. The number of amides is 1. The van der Waals surface area contributed by atoms with Crippen molar-refractivity contribution in [3.8, 4) is 0 Å². The van der Waals surface area contributed by atoms with Gasteiger partial charge in [0.25, 0.3) is 5.91 Å². The second-order valence-electron chi connectivity index (χ2n) is 5.69. The van der Waals surface area contributed by atoms with Gasteiger partial charge in [-0.1, -0.05) is 37.3 Å². The van der Waals surface area contributed by atoms with E-state index in [1.165, 1.54) is 11.1 Å². The number of anilines is 1. The van der Waals surface area contributed by atoms with Gasteiger partial charge in [0.05, 0.1) is 0 Å². The quantitative estimate of drug-likeness (QED) is 0.871. The Kier molecular flexibility index (Phi) is 6.20. The van der Waals surface area contributed by atoms with Gasteiger partial charge in [-0.15, -0.1) is 12.4 Å². The largest absolute Gasteiger partial charge is 0.322 e. The minimum Gasteiger partial charge on any atom is -0.322 e. The molecule has 0 spiro atoms. The molecule has 0 unspecified atom stereocenters. The van der Waals surface area contributed by atoms with E-state index in [9.17, 15) is 4.79 Å². The summed E-state index contributed by atoms with van der Waals surface area (Å²) in [6, 6.07) is 14.0. The second kappa shape index (κ2) is 8.14. The number of para-hydroxylation sites is 1. The van der Waals surface area contributed by atoms with Crippen LogP contribution in [0.15, 0.2) is 42.5 Å². The Labute approximate surface area is 143 Å². The average Bonchev–Trinajstić information content (AvgIpc) is 3.02. The fourth-order valence-corrected chi connectivity index (χ4v) is 3.08. The summed E-state index contributed by atoms with van der Waals surface area (Å²) in [5.74, 6) is 0.00250. The van der Waals surface area contributed by atoms with E-state index in [-0.39, 0.29) is 18.3 Å². The van der Waals surface area contributed by atoms with Gasteiger partial charge in [-0.25, -0.2) is 0 Å². The lowest BCUT2D eigenvalue weighted by Crippen LogP contribution is -2.18. The number of benzene rings is 2. The van der Waals surface area contributed by atoms with Crippen molar-refractivity contribution in [3.05, 3.63) is 64.7 Å². The lowest BCUT2D eigenvalue weighted by Gasteiger charge is -2.13. The van der Waals surface area contributed by atoms with Gasteiger partial charge in [0, 0.05) is 17.8 Å². The van der Waals surface area contributed by atoms with Crippen molar-refractivity contribution in [2.75, 3.05) is 11.9 Å². The molecular weight excluding hydrogens is 308 g/mol. The normalized spacial score (nSPS) is 12.4. The van der Waals surface area contributed by atoms with E-state index in [2.05, 4.69) is 23.6 Å². The van der Waals surface area contributed by atoms with Crippen LogP contribution < -0.4 is 10.6 Å². The highest BCUT2D eigenvalue weighted by molar-refractivity contribution is 6.06. The smallest absolute Gasteiger partial charge is 0.255 e. The van der Waals surface area contributed by atoms with Gasteiger partial charge < -0.3 is 10.6 Å². The van der Waals surface area contributed by atoms with Gasteiger partial charge in [-0.2, -0.15) is 0 Å². The first-order chi connectivity index (χ1) is 10.8. The number of hydrogen-bond acceptors (Lipinski definition) is 2. The molecule has 0 bridgehead atoms. The van der Waals surface area contributed by atoms with Crippen molar-refractivity contribution in [3.63, 3.8) is 0 Å². The van der Waals surface area contributed by atoms with E-state index in [0.29, 0.717) is 0 Å². The lowest BCUT2D eigenvalue weighted by molar-refractivity contribution is 0.102. The third-order valence-electron chi connectivity index (χ3n) is 4.22. The molecule has 0 saturated heterocycles. The van der Waals surface area contributed by atoms with E-state index in [1.807, 2.05) is 36.4 Å². The molecular formula is C19H23ClN2O. The molecule has 0 heterocycles. The number of carbonyl (C=O) groups excluding carboxylic acids is 1. The number of halogens is 1. The van der Waals surface area contributed by atoms with Crippen LogP contribution in [0.2, 0.25) is 0 Å². The van der Waals surface area contributed by atoms with E-state index in [0.717, 1.165) is 49.2 Å². The van der Waals surface area contributed by atoms with Gasteiger partial charge in [-0.3, -0.25) is 4.79 Å². The fraction of sp³-hybridized carbons (Fsp3) is 0.316. The maximum atomic E-state index is 12.7. The zero-order chi connectivity index (χ0) is 15.4. The van der Waals surface area contributed by atoms with Crippen LogP contribution in [0.3, 0.4) is 0 Å². The molecule has 1 aliphatic carbocycles. The molecule has 0 saturated carbocycles. The SMILES string of the molecule is CCNCc1ccccc1NC(=O)c1cccc2c1CCC2.Cl. The molecule has 2 aromatic rings. The van der Waals surface area contributed by atoms with Crippen LogP contribution in [-0.2, 0) is 19.4 Å². The zero-order valence-electron chi connectivity index (χ0n) is 13.4. The number of fused-ring (bicyclic) bond motifs is 1. The Hall–Kier alpha value is -1.84. The van der Waals surface area contributed by atoms with E-state index in [1.54, 1.807) is 0 Å². The Morgan fingerprint density at radius 2 is 1.91 bits per heavy atom. The Balaban J connectivity index is 0.00000192. The number of aryl methyl sites for hydroxylation is 1. The summed E-state index contributed by atoms with van der Waals surface area (Å²) in [5.41, 5.74) is 5.39. The summed E-state index contributed by atoms with van der Waals surface area (Å²) < 4.78 is 0. The zero-order valence-corrected chi connectivity index (χ0v) is 14.2. The Morgan fingerprint density at radius 1 is 1.09 bits per heavy atom. The molecule has 4 heteroatoms. The van der Waals surface area contributed by atoms with Crippen LogP contribution in [0.1, 0.15) is 40.4 Å². The monoisotopic (exact) mass is 330 g/mol. The molecule has 0 aromatic heterocycles. The van der Waals surface area contributed by atoms with Gasteiger partial charge in [0.15, 0.2) is 0 Å². The van der Waals surface area contributed by atoms with Gasteiger partial charge >= 0.3 is 0 Å². The molecule has 0 radical (unpaired) electrons. The molecule has 122 valence electrons. The van der Waals surface area contributed by atoms with E-state index in [4.69, 9.17) is 0 Å². The summed E-state index contributed by atoms with van der Waals surface area (Å²) in [6.45, 7) is 3.75. The highest BCUT2D eigenvalue weighted by Gasteiger charge is 2.19. The first-order valence-corrected chi connectivity index (χ1v) is 8.00. The maximum absolute atomic E-state index is 12.7. The summed E-state index contributed by atoms with van der Waals surface area (Å²) >= 11 is 0. The van der Waals surface area contributed by atoms with Crippen molar-refractivity contribution < 1.29 is 4.79 Å². The van der Waals surface area contributed by atoms with Gasteiger partial charge in [-0.05, 0) is 54.6 Å². The first kappa shape index (κ1) is 17.5. The summed E-state index contributed by atoms with van der Waals surface area (Å²) in [6.07, 6.45) is 3.25. The van der Waals surface area contributed by atoms with Crippen LogP contribution in [0.25, 0.3) is 0 Å². The van der Waals surface area contributed by atoms with Crippen LogP contribution in [0.4, 0.5) is 5.69 Å². The van der Waals surface area contributed by atoms with Crippen molar-refractivity contribution in [2.24, 2.45) is 0 Å². The number of hydrogen-bond donors (Lipinski definition) is 2. The minimum absolute atomic E-state index is 0. The highest BCUT2D eigenvalue weighted by atomic mass is 35.5. The molecule has 1 amide bonds. The average molecular weight is 331 g/mol. The predicted octanol–water partition coefficient (Wildman–Crippen LogP) is 3.96. The van der Waals surface area contributed by atoms with Crippen molar-refractivity contribution in [1.82, 2.24) is 5.32 Å². The molecule has 2 N–H and O–H groups in total. The highest BCUT2D eigenvalue weighted by Crippen LogP contribution is 2.26. The summed E-state index contributed by atoms with van der Waals surface area (Å²) in [5, 5.41) is 6.39.